The Morgan fingerprint density at radius 3 is 1.37 bits per heavy atom. The van der Waals surface area contributed by atoms with Crippen LogP contribution >= 0.6 is 0 Å². The second kappa shape index (κ2) is 11.4. The van der Waals surface area contributed by atoms with Crippen LogP contribution in [0.4, 0.5) is 0 Å². The van der Waals surface area contributed by atoms with E-state index in [-0.39, 0.29) is 0 Å². The minimum absolute atomic E-state index is 0.657. The molecule has 12 aromatic rings. The lowest BCUT2D eigenvalue weighted by Gasteiger charge is -2.37. The monoisotopic (exact) mass is 718 g/mol. The summed E-state index contributed by atoms with van der Waals surface area (Å²) >= 11 is 0. The highest BCUT2D eigenvalue weighted by Gasteiger charge is 2.50. The van der Waals surface area contributed by atoms with Crippen LogP contribution in [0.2, 0.25) is 0 Å². The van der Waals surface area contributed by atoms with Gasteiger partial charge in [-0.1, -0.05) is 206 Å². The van der Waals surface area contributed by atoms with E-state index in [1.54, 1.807) is 0 Å². The Hall–Kier alpha value is -7.28. The smallest absolute Gasteiger partial charge is 0.0616 e. The zero-order chi connectivity index (χ0) is 37.2. The standard InChI is InChI=1S/C57H34/c1-3-19-40-35(13-1)15-10-26-49(40)57(50-27-11-16-36-14-2-4-20-41(36)50)51-28-12-25-45(44-33-31-39-30-29-37-17-9-18-38-32-34-47(44)53(39)52(37)38)54(51)55-46-23-7-5-21-42(46)43-22-6-8-24-48(43)56(55)57/h1-34H. The molecule has 0 spiro atoms. The summed E-state index contributed by atoms with van der Waals surface area (Å²) in [4.78, 5) is 0. The Morgan fingerprint density at radius 1 is 0.228 bits per heavy atom. The van der Waals surface area contributed by atoms with Gasteiger partial charge in [0, 0.05) is 0 Å². The molecule has 0 aromatic heterocycles. The molecule has 1 aliphatic carbocycles. The van der Waals surface area contributed by atoms with Gasteiger partial charge in [0.25, 0.3) is 0 Å². The van der Waals surface area contributed by atoms with E-state index in [1.807, 2.05) is 0 Å². The van der Waals surface area contributed by atoms with Crippen molar-refractivity contribution in [2.45, 2.75) is 5.41 Å². The van der Waals surface area contributed by atoms with E-state index >= 15 is 0 Å². The minimum Gasteiger partial charge on any atom is -0.0616 e. The Kier molecular flexibility index (Phi) is 6.19. The summed E-state index contributed by atoms with van der Waals surface area (Å²) in [5.74, 6) is 0. The van der Waals surface area contributed by atoms with Crippen molar-refractivity contribution >= 4 is 75.4 Å². The van der Waals surface area contributed by atoms with Gasteiger partial charge in [-0.2, -0.15) is 0 Å². The predicted molar refractivity (Wildman–Crippen MR) is 243 cm³/mol. The van der Waals surface area contributed by atoms with Crippen molar-refractivity contribution in [3.63, 3.8) is 0 Å². The maximum atomic E-state index is 2.45. The molecule has 0 nitrogen and oxygen atoms in total. The number of hydrogen-bond donors (Lipinski definition) is 0. The van der Waals surface area contributed by atoms with Crippen LogP contribution in [0, 0.1) is 0 Å². The van der Waals surface area contributed by atoms with Gasteiger partial charge in [0.05, 0.1) is 5.41 Å². The second-order valence-electron chi connectivity index (χ2n) is 15.8. The third-order valence-electron chi connectivity index (χ3n) is 13.2. The van der Waals surface area contributed by atoms with Crippen molar-refractivity contribution in [3.8, 4) is 22.3 Å². The second-order valence-corrected chi connectivity index (χ2v) is 15.8. The molecular weight excluding hydrogens is 685 g/mol. The van der Waals surface area contributed by atoms with Crippen LogP contribution in [-0.4, -0.2) is 0 Å². The van der Waals surface area contributed by atoms with Crippen molar-refractivity contribution in [1.29, 1.82) is 0 Å². The fourth-order valence-corrected chi connectivity index (χ4v) is 11.1. The van der Waals surface area contributed by atoms with Gasteiger partial charge in [-0.3, -0.25) is 0 Å². The van der Waals surface area contributed by atoms with E-state index < -0.39 is 5.41 Å². The van der Waals surface area contributed by atoms with Gasteiger partial charge in [-0.05, 0) is 120 Å². The summed E-state index contributed by atoms with van der Waals surface area (Å²) in [5, 5.41) is 18.0. The molecule has 12 aromatic carbocycles. The van der Waals surface area contributed by atoms with Crippen molar-refractivity contribution in [2.24, 2.45) is 0 Å². The molecule has 1 aliphatic rings. The normalized spacial score (nSPS) is 13.4. The van der Waals surface area contributed by atoms with Crippen LogP contribution in [0.3, 0.4) is 0 Å². The van der Waals surface area contributed by atoms with E-state index in [1.165, 1.54) is 120 Å². The number of rotatable bonds is 3. The lowest BCUT2D eigenvalue weighted by Crippen LogP contribution is -2.29. The van der Waals surface area contributed by atoms with E-state index in [9.17, 15) is 0 Å². The summed E-state index contributed by atoms with van der Waals surface area (Å²) in [6.45, 7) is 0. The first-order chi connectivity index (χ1) is 28.3. The molecule has 0 heterocycles. The largest absolute Gasteiger partial charge is 0.0731 e. The molecule has 0 bridgehead atoms. The van der Waals surface area contributed by atoms with Gasteiger partial charge >= 0.3 is 0 Å². The Labute approximate surface area is 330 Å². The summed E-state index contributed by atoms with van der Waals surface area (Å²) < 4.78 is 0. The van der Waals surface area contributed by atoms with Crippen LogP contribution in [0.5, 0.6) is 0 Å². The van der Waals surface area contributed by atoms with Gasteiger partial charge in [0.1, 0.15) is 0 Å². The summed E-state index contributed by atoms with van der Waals surface area (Å²) in [5.41, 5.74) is 9.86. The van der Waals surface area contributed by atoms with Crippen LogP contribution < -0.4 is 0 Å². The van der Waals surface area contributed by atoms with Crippen molar-refractivity contribution < 1.29 is 0 Å². The molecule has 0 unspecified atom stereocenters. The Morgan fingerprint density at radius 2 is 0.684 bits per heavy atom. The zero-order valence-corrected chi connectivity index (χ0v) is 31.1. The van der Waals surface area contributed by atoms with Gasteiger partial charge in [0.2, 0.25) is 0 Å². The predicted octanol–water partition coefficient (Wildman–Crippen LogP) is 15.2. The molecular formula is C57H34. The number of benzene rings is 12. The van der Waals surface area contributed by atoms with E-state index in [0.29, 0.717) is 0 Å². The quantitative estimate of drug-likeness (QED) is 0.160. The summed E-state index contributed by atoms with van der Waals surface area (Å²) in [6.07, 6.45) is 0. The van der Waals surface area contributed by atoms with Gasteiger partial charge < -0.3 is 0 Å². The molecule has 57 heavy (non-hydrogen) atoms. The molecule has 0 heteroatoms. The third kappa shape index (κ3) is 3.97. The van der Waals surface area contributed by atoms with Crippen molar-refractivity contribution in [3.05, 3.63) is 229 Å². The highest BCUT2D eigenvalue weighted by atomic mass is 14.5. The SMILES string of the molecule is c1cc(-c2ccc3ccc4cccc5ccc2c3c45)c2c(c1)C(c1cccc3ccccc13)(c1cccc3ccccc13)c1c-2c2ccccc2c2ccccc12. The minimum atomic E-state index is -0.657. The molecule has 13 rings (SSSR count). The average Bonchev–Trinajstić information content (AvgIpc) is 3.60. The fraction of sp³-hybridized carbons (Fsp3) is 0.0175. The molecule has 0 radical (unpaired) electrons. The molecule has 0 saturated heterocycles. The summed E-state index contributed by atoms with van der Waals surface area (Å²) in [7, 11) is 0. The van der Waals surface area contributed by atoms with Crippen LogP contribution in [0.25, 0.3) is 97.7 Å². The molecule has 262 valence electrons. The molecule has 0 N–H and O–H groups in total. The van der Waals surface area contributed by atoms with E-state index in [0.717, 1.165) is 0 Å². The van der Waals surface area contributed by atoms with Gasteiger partial charge in [0.15, 0.2) is 0 Å². The lowest BCUT2D eigenvalue weighted by molar-refractivity contribution is 0.792. The molecule has 0 saturated carbocycles. The highest BCUT2D eigenvalue weighted by Crippen LogP contribution is 2.64. The molecule has 0 atom stereocenters. The lowest BCUT2D eigenvalue weighted by atomic mass is 9.64. The van der Waals surface area contributed by atoms with Crippen LogP contribution in [0.1, 0.15) is 22.3 Å². The first kappa shape index (κ1) is 31.0. The number of fused-ring (bicyclic) bond motifs is 10. The van der Waals surface area contributed by atoms with Gasteiger partial charge in [-0.25, -0.2) is 0 Å². The maximum absolute atomic E-state index is 2.45. The third-order valence-corrected chi connectivity index (χ3v) is 13.2. The van der Waals surface area contributed by atoms with Crippen LogP contribution in [-0.2, 0) is 5.41 Å². The Balaban J connectivity index is 1.30. The first-order valence-electron chi connectivity index (χ1n) is 20.0. The molecule has 0 fully saturated rings. The van der Waals surface area contributed by atoms with Crippen molar-refractivity contribution in [1.82, 2.24) is 0 Å². The Bertz CT molecular complexity index is 3540. The molecule has 0 aliphatic heterocycles. The zero-order valence-electron chi connectivity index (χ0n) is 31.1. The first-order valence-corrected chi connectivity index (χ1v) is 20.0. The van der Waals surface area contributed by atoms with Crippen LogP contribution in [0.15, 0.2) is 206 Å². The van der Waals surface area contributed by atoms with E-state index in [2.05, 4.69) is 206 Å². The van der Waals surface area contributed by atoms with Gasteiger partial charge in [-0.15, -0.1) is 0 Å². The van der Waals surface area contributed by atoms with E-state index in [4.69, 9.17) is 0 Å². The fourth-order valence-electron chi connectivity index (χ4n) is 11.1. The highest BCUT2D eigenvalue weighted by molar-refractivity contribution is 6.27. The van der Waals surface area contributed by atoms with Crippen molar-refractivity contribution in [2.75, 3.05) is 0 Å². The molecule has 0 amide bonds. The summed E-state index contributed by atoms with van der Waals surface area (Å²) in [6, 6.07) is 78.0. The maximum Gasteiger partial charge on any atom is 0.0731 e. The average molecular weight is 719 g/mol. The topological polar surface area (TPSA) is 0 Å². The number of hydrogen-bond acceptors (Lipinski definition) is 0.